The number of nitrogens with one attached hydrogen (secondary N) is 1. The van der Waals surface area contributed by atoms with Crippen molar-refractivity contribution in [2.75, 3.05) is 6.61 Å². The molecule has 0 saturated heterocycles. The van der Waals surface area contributed by atoms with Gasteiger partial charge in [-0.2, -0.15) is 0 Å². The first-order valence-corrected chi connectivity index (χ1v) is 5.90. The summed E-state index contributed by atoms with van der Waals surface area (Å²) >= 11 is 0. The third-order valence-corrected chi connectivity index (χ3v) is 2.93. The van der Waals surface area contributed by atoms with Gasteiger partial charge in [0.1, 0.15) is 6.10 Å². The molecule has 2 aromatic rings. The quantitative estimate of drug-likeness (QED) is 0.876. The highest BCUT2D eigenvalue weighted by atomic mass is 16.5. The van der Waals surface area contributed by atoms with Gasteiger partial charge in [0.05, 0.1) is 12.0 Å². The van der Waals surface area contributed by atoms with Gasteiger partial charge in [0.15, 0.2) is 0 Å². The molecule has 0 amide bonds. The van der Waals surface area contributed by atoms with E-state index in [1.807, 2.05) is 13.1 Å². The Morgan fingerprint density at radius 3 is 2.53 bits per heavy atom. The van der Waals surface area contributed by atoms with E-state index >= 15 is 0 Å². The number of benzene rings is 1. The second-order valence-electron chi connectivity index (χ2n) is 4.13. The van der Waals surface area contributed by atoms with E-state index in [1.54, 1.807) is 6.33 Å². The number of aromatic amines is 1. The molecular weight excluding hydrogens is 212 g/mol. The molecular formula is C14H18N2O. The largest absolute Gasteiger partial charge is 0.367 e. The smallest absolute Gasteiger partial charge is 0.126 e. The van der Waals surface area contributed by atoms with Crippen LogP contribution in [-0.2, 0) is 4.74 Å². The predicted molar refractivity (Wildman–Crippen MR) is 68.0 cm³/mol. The van der Waals surface area contributed by atoms with Crippen molar-refractivity contribution >= 4 is 0 Å². The van der Waals surface area contributed by atoms with E-state index in [1.165, 1.54) is 16.7 Å². The first-order valence-electron chi connectivity index (χ1n) is 5.90. The zero-order valence-electron chi connectivity index (χ0n) is 10.5. The molecule has 0 radical (unpaired) electrons. The number of rotatable bonds is 4. The molecule has 0 spiro atoms. The van der Waals surface area contributed by atoms with Crippen molar-refractivity contribution in [2.45, 2.75) is 26.9 Å². The van der Waals surface area contributed by atoms with Crippen molar-refractivity contribution in [3.8, 4) is 0 Å². The van der Waals surface area contributed by atoms with Crippen LogP contribution in [0.4, 0.5) is 0 Å². The van der Waals surface area contributed by atoms with E-state index in [4.69, 9.17) is 4.74 Å². The third-order valence-electron chi connectivity index (χ3n) is 2.93. The zero-order valence-corrected chi connectivity index (χ0v) is 10.5. The average molecular weight is 230 g/mol. The minimum absolute atomic E-state index is 0.0764. The van der Waals surface area contributed by atoms with Crippen LogP contribution < -0.4 is 0 Å². The average Bonchev–Trinajstić information content (AvgIpc) is 2.80. The second kappa shape index (κ2) is 5.15. The van der Waals surface area contributed by atoms with Gasteiger partial charge >= 0.3 is 0 Å². The fraction of sp³-hybridized carbons (Fsp3) is 0.357. The molecule has 3 nitrogen and oxygen atoms in total. The lowest BCUT2D eigenvalue weighted by Crippen LogP contribution is -2.10. The number of hydrogen-bond donors (Lipinski definition) is 1. The van der Waals surface area contributed by atoms with E-state index < -0.39 is 0 Å². The Morgan fingerprint density at radius 2 is 2.00 bits per heavy atom. The maximum atomic E-state index is 5.85. The van der Waals surface area contributed by atoms with Crippen molar-refractivity contribution in [1.82, 2.24) is 9.97 Å². The molecule has 1 aromatic carbocycles. The van der Waals surface area contributed by atoms with Crippen LogP contribution in [-0.4, -0.2) is 16.6 Å². The summed E-state index contributed by atoms with van der Waals surface area (Å²) in [6.07, 6.45) is 3.51. The van der Waals surface area contributed by atoms with Crippen molar-refractivity contribution in [2.24, 2.45) is 0 Å². The first kappa shape index (κ1) is 11.9. The SMILES string of the molecule is CCOC(c1c[nH]cn1)c1c(C)cccc1C. The van der Waals surface area contributed by atoms with Gasteiger partial charge in [-0.15, -0.1) is 0 Å². The molecule has 1 aromatic heterocycles. The molecule has 0 aliphatic carbocycles. The molecule has 1 atom stereocenters. The van der Waals surface area contributed by atoms with E-state index in [2.05, 4.69) is 42.0 Å². The summed E-state index contributed by atoms with van der Waals surface area (Å²) in [5.74, 6) is 0. The number of aromatic nitrogens is 2. The van der Waals surface area contributed by atoms with Crippen LogP contribution in [0, 0.1) is 13.8 Å². The van der Waals surface area contributed by atoms with Gasteiger partial charge in [0.25, 0.3) is 0 Å². The number of imidazole rings is 1. The normalized spacial score (nSPS) is 12.6. The minimum Gasteiger partial charge on any atom is -0.367 e. The highest BCUT2D eigenvalue weighted by Gasteiger charge is 2.19. The highest BCUT2D eigenvalue weighted by Crippen LogP contribution is 2.29. The maximum Gasteiger partial charge on any atom is 0.126 e. The van der Waals surface area contributed by atoms with Gasteiger partial charge in [-0.1, -0.05) is 18.2 Å². The lowest BCUT2D eigenvalue weighted by molar-refractivity contribution is 0.0878. The number of H-pyrrole nitrogens is 1. The van der Waals surface area contributed by atoms with Crippen LogP contribution >= 0.6 is 0 Å². The predicted octanol–water partition coefficient (Wildman–Crippen LogP) is 3.15. The second-order valence-corrected chi connectivity index (χ2v) is 4.13. The van der Waals surface area contributed by atoms with Crippen LogP contribution in [0.25, 0.3) is 0 Å². The summed E-state index contributed by atoms with van der Waals surface area (Å²) in [5, 5.41) is 0. The van der Waals surface area contributed by atoms with Crippen molar-refractivity contribution in [3.63, 3.8) is 0 Å². The van der Waals surface area contributed by atoms with Crippen molar-refractivity contribution in [3.05, 3.63) is 53.1 Å². The van der Waals surface area contributed by atoms with Gasteiger partial charge in [0, 0.05) is 12.8 Å². The Labute approximate surface area is 102 Å². The van der Waals surface area contributed by atoms with Crippen LogP contribution in [0.1, 0.15) is 35.4 Å². The van der Waals surface area contributed by atoms with Crippen LogP contribution in [0.2, 0.25) is 0 Å². The number of hydrogen-bond acceptors (Lipinski definition) is 2. The van der Waals surface area contributed by atoms with E-state index in [9.17, 15) is 0 Å². The molecule has 0 bridgehead atoms. The van der Waals surface area contributed by atoms with E-state index in [-0.39, 0.29) is 6.10 Å². The fourth-order valence-electron chi connectivity index (χ4n) is 2.14. The van der Waals surface area contributed by atoms with E-state index in [0.29, 0.717) is 6.61 Å². The summed E-state index contributed by atoms with van der Waals surface area (Å²) in [6, 6.07) is 6.30. The zero-order chi connectivity index (χ0) is 12.3. The summed E-state index contributed by atoms with van der Waals surface area (Å²) in [7, 11) is 0. The van der Waals surface area contributed by atoms with Crippen molar-refractivity contribution < 1.29 is 4.74 Å². The molecule has 17 heavy (non-hydrogen) atoms. The lowest BCUT2D eigenvalue weighted by Gasteiger charge is -2.19. The summed E-state index contributed by atoms with van der Waals surface area (Å²) in [6.45, 7) is 6.90. The lowest BCUT2D eigenvalue weighted by atomic mass is 9.96. The van der Waals surface area contributed by atoms with Crippen LogP contribution in [0.3, 0.4) is 0 Å². The monoisotopic (exact) mass is 230 g/mol. The van der Waals surface area contributed by atoms with Crippen LogP contribution in [0.15, 0.2) is 30.7 Å². The summed E-state index contributed by atoms with van der Waals surface area (Å²) in [5.41, 5.74) is 4.64. The Balaban J connectivity index is 2.46. The Kier molecular flexibility index (Phi) is 3.59. The molecule has 0 fully saturated rings. The Bertz CT molecular complexity index is 457. The minimum atomic E-state index is -0.0764. The standard InChI is InChI=1S/C14H18N2O/c1-4-17-14(12-8-15-9-16-12)13-10(2)6-5-7-11(13)3/h5-9,14H,4H2,1-3H3,(H,15,16). The summed E-state index contributed by atoms with van der Waals surface area (Å²) in [4.78, 5) is 7.30. The molecule has 0 saturated carbocycles. The van der Waals surface area contributed by atoms with Gasteiger partial charge in [-0.05, 0) is 37.5 Å². The number of nitrogens with zero attached hydrogens (tertiary/aromatic N) is 1. The first-order chi connectivity index (χ1) is 8.24. The molecule has 1 N–H and O–H groups in total. The maximum absolute atomic E-state index is 5.85. The van der Waals surface area contributed by atoms with Gasteiger partial charge in [0.2, 0.25) is 0 Å². The Hall–Kier alpha value is -1.61. The summed E-state index contributed by atoms with van der Waals surface area (Å²) < 4.78 is 5.85. The van der Waals surface area contributed by atoms with Crippen molar-refractivity contribution in [1.29, 1.82) is 0 Å². The topological polar surface area (TPSA) is 37.9 Å². The van der Waals surface area contributed by atoms with Gasteiger partial charge in [-0.3, -0.25) is 0 Å². The molecule has 0 aliphatic rings. The number of aryl methyl sites for hydroxylation is 2. The third kappa shape index (κ3) is 2.39. The number of ether oxygens (including phenoxy) is 1. The molecule has 90 valence electrons. The van der Waals surface area contributed by atoms with Gasteiger partial charge in [-0.25, -0.2) is 4.98 Å². The molecule has 1 heterocycles. The molecule has 1 unspecified atom stereocenters. The Morgan fingerprint density at radius 1 is 1.29 bits per heavy atom. The fourth-order valence-corrected chi connectivity index (χ4v) is 2.14. The van der Waals surface area contributed by atoms with E-state index in [0.717, 1.165) is 5.69 Å². The molecule has 2 rings (SSSR count). The molecule has 0 aliphatic heterocycles. The molecule has 3 heteroatoms. The van der Waals surface area contributed by atoms with Gasteiger partial charge < -0.3 is 9.72 Å². The highest BCUT2D eigenvalue weighted by molar-refractivity contribution is 5.38. The van der Waals surface area contributed by atoms with Crippen LogP contribution in [0.5, 0.6) is 0 Å².